The zero-order valence-corrected chi connectivity index (χ0v) is 8.22. The Morgan fingerprint density at radius 3 is 3.00 bits per heavy atom. The molecule has 0 radical (unpaired) electrons. The van der Waals surface area contributed by atoms with E-state index >= 15 is 0 Å². The number of hydrogen-bond donors (Lipinski definition) is 2. The van der Waals surface area contributed by atoms with Crippen LogP contribution < -0.4 is 5.73 Å². The van der Waals surface area contributed by atoms with Crippen molar-refractivity contribution in [1.29, 1.82) is 0 Å². The molecule has 2 aliphatic rings. The lowest BCUT2D eigenvalue weighted by Gasteiger charge is -2.32. The Morgan fingerprint density at radius 1 is 1.57 bits per heavy atom. The van der Waals surface area contributed by atoms with Crippen molar-refractivity contribution in [2.24, 2.45) is 10.7 Å². The molecular weight excluding hydrogens is 182 g/mol. The summed E-state index contributed by atoms with van der Waals surface area (Å²) < 4.78 is 5.33. The highest BCUT2D eigenvalue weighted by atomic mass is 16.5. The van der Waals surface area contributed by atoms with Gasteiger partial charge in [-0.25, -0.2) is 4.99 Å². The van der Waals surface area contributed by atoms with Gasteiger partial charge in [0.25, 0.3) is 0 Å². The average Bonchev–Trinajstić information content (AvgIpc) is 3.02. The van der Waals surface area contributed by atoms with Crippen LogP contribution in [0, 0.1) is 0 Å². The number of aliphatic hydroxyl groups is 1. The van der Waals surface area contributed by atoms with Crippen molar-refractivity contribution in [1.82, 2.24) is 4.90 Å². The normalized spacial score (nSPS) is 29.4. The summed E-state index contributed by atoms with van der Waals surface area (Å²) in [5, 5.41) is 8.95. The van der Waals surface area contributed by atoms with Gasteiger partial charge in [-0.15, -0.1) is 0 Å². The molecule has 1 saturated heterocycles. The van der Waals surface area contributed by atoms with Crippen LogP contribution in [0.1, 0.15) is 12.8 Å². The van der Waals surface area contributed by atoms with E-state index in [9.17, 15) is 0 Å². The molecule has 0 bridgehead atoms. The molecule has 14 heavy (non-hydrogen) atoms. The summed E-state index contributed by atoms with van der Waals surface area (Å²) >= 11 is 0. The molecule has 0 spiro atoms. The first kappa shape index (κ1) is 9.73. The highest BCUT2D eigenvalue weighted by Gasteiger charge is 2.24. The smallest absolute Gasteiger partial charge is 0.191 e. The van der Waals surface area contributed by atoms with E-state index in [-0.39, 0.29) is 12.7 Å². The highest BCUT2D eigenvalue weighted by Crippen LogP contribution is 2.23. The Labute approximate surface area is 83.5 Å². The zero-order chi connectivity index (χ0) is 9.97. The second kappa shape index (κ2) is 4.14. The quantitative estimate of drug-likeness (QED) is 0.449. The molecule has 0 aromatic heterocycles. The van der Waals surface area contributed by atoms with Crippen LogP contribution >= 0.6 is 0 Å². The second-order valence-corrected chi connectivity index (χ2v) is 3.84. The monoisotopic (exact) mass is 199 g/mol. The Morgan fingerprint density at radius 2 is 2.36 bits per heavy atom. The second-order valence-electron chi connectivity index (χ2n) is 3.84. The van der Waals surface area contributed by atoms with Gasteiger partial charge >= 0.3 is 0 Å². The number of aliphatic hydroxyl groups excluding tert-OH is 1. The SMILES string of the molecule is NC(=NC1CC1)N1CCOC(CO)C1. The van der Waals surface area contributed by atoms with Crippen molar-refractivity contribution in [3.05, 3.63) is 0 Å². The van der Waals surface area contributed by atoms with Gasteiger partial charge < -0.3 is 20.5 Å². The number of aliphatic imine (C=N–C) groups is 1. The maximum atomic E-state index is 8.95. The van der Waals surface area contributed by atoms with Crippen LogP contribution in [0.2, 0.25) is 0 Å². The number of morpholine rings is 1. The fourth-order valence-corrected chi connectivity index (χ4v) is 1.51. The van der Waals surface area contributed by atoms with Gasteiger partial charge in [0, 0.05) is 13.1 Å². The topological polar surface area (TPSA) is 71.1 Å². The minimum absolute atomic E-state index is 0.0488. The maximum Gasteiger partial charge on any atom is 0.191 e. The van der Waals surface area contributed by atoms with Crippen molar-refractivity contribution < 1.29 is 9.84 Å². The lowest BCUT2D eigenvalue weighted by molar-refractivity contribution is -0.0344. The van der Waals surface area contributed by atoms with E-state index in [2.05, 4.69) is 4.99 Å². The third-order valence-corrected chi connectivity index (χ3v) is 2.53. The summed E-state index contributed by atoms with van der Waals surface area (Å²) in [6.07, 6.45) is 2.21. The molecule has 1 heterocycles. The Kier molecular flexibility index (Phi) is 2.88. The number of ether oxygens (including phenoxy) is 1. The van der Waals surface area contributed by atoms with E-state index in [0.717, 1.165) is 19.4 Å². The van der Waals surface area contributed by atoms with Crippen LogP contribution in [-0.4, -0.2) is 54.4 Å². The van der Waals surface area contributed by atoms with Crippen molar-refractivity contribution >= 4 is 5.96 Å². The van der Waals surface area contributed by atoms with Gasteiger partial charge in [-0.1, -0.05) is 0 Å². The zero-order valence-electron chi connectivity index (χ0n) is 8.22. The van der Waals surface area contributed by atoms with Crippen LogP contribution in [0.15, 0.2) is 4.99 Å². The van der Waals surface area contributed by atoms with Gasteiger partial charge in [0.15, 0.2) is 5.96 Å². The molecule has 3 N–H and O–H groups in total. The molecule has 80 valence electrons. The molecule has 1 unspecified atom stereocenters. The molecule has 2 rings (SSSR count). The first-order valence-electron chi connectivity index (χ1n) is 5.10. The molecule has 1 saturated carbocycles. The number of nitrogens with two attached hydrogens (primary N) is 1. The predicted octanol–water partition coefficient (Wildman–Crippen LogP) is -0.843. The lowest BCUT2D eigenvalue weighted by atomic mass is 10.3. The Hall–Kier alpha value is -0.810. The van der Waals surface area contributed by atoms with E-state index in [1.54, 1.807) is 0 Å². The van der Waals surface area contributed by atoms with Crippen molar-refractivity contribution in [3.63, 3.8) is 0 Å². The van der Waals surface area contributed by atoms with E-state index in [1.807, 2.05) is 4.90 Å². The molecule has 1 atom stereocenters. The molecule has 0 amide bonds. The standard InChI is InChI=1S/C9H17N3O2/c10-9(11-7-1-2-7)12-3-4-14-8(5-12)6-13/h7-8,13H,1-6H2,(H2,10,11). The largest absolute Gasteiger partial charge is 0.394 e. The lowest BCUT2D eigenvalue weighted by Crippen LogP contribution is -2.49. The van der Waals surface area contributed by atoms with E-state index in [4.69, 9.17) is 15.6 Å². The van der Waals surface area contributed by atoms with E-state index in [1.165, 1.54) is 0 Å². The van der Waals surface area contributed by atoms with Gasteiger partial charge in [-0.3, -0.25) is 0 Å². The number of guanidine groups is 1. The Balaban J connectivity index is 1.89. The van der Waals surface area contributed by atoms with Crippen molar-refractivity contribution in [2.45, 2.75) is 25.0 Å². The third-order valence-electron chi connectivity index (χ3n) is 2.53. The van der Waals surface area contributed by atoms with Gasteiger partial charge in [0.2, 0.25) is 0 Å². The summed E-state index contributed by atoms with van der Waals surface area (Å²) in [5.41, 5.74) is 5.85. The number of hydrogen-bond acceptors (Lipinski definition) is 3. The molecule has 5 heteroatoms. The highest BCUT2D eigenvalue weighted by molar-refractivity contribution is 5.78. The molecular formula is C9H17N3O2. The fourth-order valence-electron chi connectivity index (χ4n) is 1.51. The van der Waals surface area contributed by atoms with Gasteiger partial charge in [-0.05, 0) is 12.8 Å². The predicted molar refractivity (Wildman–Crippen MR) is 53.0 cm³/mol. The summed E-state index contributed by atoms with van der Waals surface area (Å²) in [6, 6.07) is 0.449. The van der Waals surface area contributed by atoms with E-state index in [0.29, 0.717) is 25.2 Å². The third kappa shape index (κ3) is 2.36. The molecule has 1 aliphatic carbocycles. The number of nitrogens with zero attached hydrogens (tertiary/aromatic N) is 2. The minimum Gasteiger partial charge on any atom is -0.394 e. The van der Waals surface area contributed by atoms with Crippen LogP contribution in [0.5, 0.6) is 0 Å². The number of rotatable bonds is 2. The van der Waals surface area contributed by atoms with Gasteiger partial charge in [0.1, 0.15) is 0 Å². The van der Waals surface area contributed by atoms with Crippen LogP contribution in [0.4, 0.5) is 0 Å². The van der Waals surface area contributed by atoms with E-state index < -0.39 is 0 Å². The average molecular weight is 199 g/mol. The minimum atomic E-state index is -0.114. The molecule has 1 aliphatic heterocycles. The van der Waals surface area contributed by atoms with Crippen LogP contribution in [-0.2, 0) is 4.74 Å². The summed E-state index contributed by atoms with van der Waals surface area (Å²) in [6.45, 7) is 2.09. The van der Waals surface area contributed by atoms with Gasteiger partial charge in [-0.2, -0.15) is 0 Å². The molecule has 0 aromatic rings. The van der Waals surface area contributed by atoms with Crippen LogP contribution in [0.3, 0.4) is 0 Å². The van der Waals surface area contributed by atoms with Crippen LogP contribution in [0.25, 0.3) is 0 Å². The summed E-state index contributed by atoms with van der Waals surface area (Å²) in [5.74, 6) is 0.606. The fraction of sp³-hybridized carbons (Fsp3) is 0.889. The maximum absolute atomic E-state index is 8.95. The van der Waals surface area contributed by atoms with Crippen molar-refractivity contribution in [3.8, 4) is 0 Å². The molecule has 2 fully saturated rings. The first-order valence-corrected chi connectivity index (χ1v) is 5.10. The summed E-state index contributed by atoms with van der Waals surface area (Å²) in [7, 11) is 0. The van der Waals surface area contributed by atoms with Crippen molar-refractivity contribution in [2.75, 3.05) is 26.3 Å². The molecule has 5 nitrogen and oxygen atoms in total. The Bertz CT molecular complexity index is 228. The molecule has 0 aromatic carbocycles. The first-order chi connectivity index (χ1) is 6.79. The summed E-state index contributed by atoms with van der Waals surface area (Å²) in [4.78, 5) is 6.35. The van der Waals surface area contributed by atoms with Gasteiger partial charge in [0.05, 0.1) is 25.4 Å².